The molecule has 0 unspecified atom stereocenters. The maximum absolute atomic E-state index is 13.8. The Morgan fingerprint density at radius 2 is 1.81 bits per heavy atom. The van der Waals surface area contributed by atoms with Crippen molar-refractivity contribution in [2.24, 2.45) is 5.41 Å². The Hall–Kier alpha value is -2.37. The molecular weight excluding hydrogens is 342 g/mol. The Bertz CT molecular complexity index is 813. The number of amides is 4. The molecule has 2 fully saturated rings. The van der Waals surface area contributed by atoms with E-state index in [4.69, 9.17) is 0 Å². The second-order valence-electron chi connectivity index (χ2n) is 8.91. The summed E-state index contributed by atoms with van der Waals surface area (Å²) in [5, 5.41) is 2.51. The van der Waals surface area contributed by atoms with Crippen LogP contribution < -0.4 is 10.2 Å². The third kappa shape index (κ3) is 2.57. The summed E-state index contributed by atoms with van der Waals surface area (Å²) in [6.45, 7) is 6.31. The average Bonchev–Trinajstić information content (AvgIpc) is 2.85. The van der Waals surface area contributed by atoms with Gasteiger partial charge in [-0.2, -0.15) is 0 Å². The summed E-state index contributed by atoms with van der Waals surface area (Å²) in [6.07, 6.45) is 4.23. The summed E-state index contributed by atoms with van der Waals surface area (Å²) in [7, 11) is 0. The number of hydrogen-bond acceptors (Lipinski definition) is 4. The number of carbonyl (C=O) groups excluding carboxylic acids is 3. The molecule has 0 aromatic heterocycles. The fourth-order valence-electron chi connectivity index (χ4n) is 4.98. The van der Waals surface area contributed by atoms with Gasteiger partial charge in [0.15, 0.2) is 5.41 Å². The molecule has 6 heteroatoms. The zero-order valence-corrected chi connectivity index (χ0v) is 16.2. The van der Waals surface area contributed by atoms with E-state index in [0.29, 0.717) is 6.42 Å². The predicted octanol–water partition coefficient (Wildman–Crippen LogP) is 2.86. The zero-order valence-electron chi connectivity index (χ0n) is 16.2. The van der Waals surface area contributed by atoms with Gasteiger partial charge in [0.1, 0.15) is 0 Å². The number of fused-ring (bicyclic) bond motifs is 4. The molecule has 6 nitrogen and oxygen atoms in total. The molecular formula is C21H27N3O3. The summed E-state index contributed by atoms with van der Waals surface area (Å²) in [4.78, 5) is 43.0. The Balaban J connectivity index is 1.90. The van der Waals surface area contributed by atoms with Gasteiger partial charge in [0.25, 0.3) is 0 Å². The van der Waals surface area contributed by atoms with Crippen molar-refractivity contribution in [3.63, 3.8) is 0 Å². The number of para-hydroxylation sites is 1. The van der Waals surface area contributed by atoms with Gasteiger partial charge in [-0.05, 0) is 51.7 Å². The van der Waals surface area contributed by atoms with Crippen molar-refractivity contribution in [2.75, 3.05) is 11.4 Å². The Morgan fingerprint density at radius 3 is 2.56 bits per heavy atom. The second-order valence-corrected chi connectivity index (χ2v) is 8.91. The van der Waals surface area contributed by atoms with Crippen molar-refractivity contribution >= 4 is 23.5 Å². The number of carbonyl (C=O) groups is 3. The average molecular weight is 369 g/mol. The number of nitrogens with one attached hydrogen (secondary N) is 1. The van der Waals surface area contributed by atoms with Crippen LogP contribution in [0.4, 0.5) is 10.5 Å². The van der Waals surface area contributed by atoms with Crippen molar-refractivity contribution in [2.45, 2.75) is 64.5 Å². The van der Waals surface area contributed by atoms with Crippen LogP contribution in [0.25, 0.3) is 0 Å². The van der Waals surface area contributed by atoms with E-state index in [1.54, 1.807) is 0 Å². The highest BCUT2D eigenvalue weighted by molar-refractivity contribution is 6.20. The van der Waals surface area contributed by atoms with Gasteiger partial charge in [0.05, 0.1) is 6.04 Å². The van der Waals surface area contributed by atoms with Crippen molar-refractivity contribution in [1.29, 1.82) is 0 Å². The topological polar surface area (TPSA) is 69.7 Å². The van der Waals surface area contributed by atoms with E-state index in [1.165, 1.54) is 4.90 Å². The molecule has 27 heavy (non-hydrogen) atoms. The number of anilines is 1. The first kappa shape index (κ1) is 18.0. The summed E-state index contributed by atoms with van der Waals surface area (Å²) < 4.78 is 0. The maximum atomic E-state index is 13.8. The SMILES string of the molecule is CC(C)(C)N1C(=O)NC(=O)[C@]2(Cc3ccccc3N3CCCCC[C@@H]32)C1=O. The summed E-state index contributed by atoms with van der Waals surface area (Å²) in [5.41, 5.74) is 0.179. The number of imide groups is 2. The first-order valence-electron chi connectivity index (χ1n) is 9.81. The number of urea groups is 1. The van der Waals surface area contributed by atoms with Gasteiger partial charge in [-0.3, -0.25) is 19.8 Å². The number of nitrogens with zero attached hydrogens (tertiary/aromatic N) is 2. The summed E-state index contributed by atoms with van der Waals surface area (Å²) in [6, 6.07) is 7.20. The summed E-state index contributed by atoms with van der Waals surface area (Å²) >= 11 is 0. The van der Waals surface area contributed by atoms with E-state index in [2.05, 4.69) is 16.3 Å². The van der Waals surface area contributed by atoms with Crippen LogP contribution in [0, 0.1) is 5.41 Å². The molecule has 0 aliphatic carbocycles. The molecule has 3 aliphatic heterocycles. The third-order valence-electron chi connectivity index (χ3n) is 6.18. The van der Waals surface area contributed by atoms with Crippen LogP contribution in [0.1, 0.15) is 52.0 Å². The lowest BCUT2D eigenvalue weighted by atomic mass is 9.67. The van der Waals surface area contributed by atoms with E-state index in [0.717, 1.165) is 43.5 Å². The van der Waals surface area contributed by atoms with Gasteiger partial charge >= 0.3 is 6.03 Å². The van der Waals surface area contributed by atoms with E-state index < -0.39 is 22.9 Å². The van der Waals surface area contributed by atoms with Crippen LogP contribution in [0.3, 0.4) is 0 Å². The highest BCUT2D eigenvalue weighted by Gasteiger charge is 2.63. The molecule has 1 spiro atoms. The lowest BCUT2D eigenvalue weighted by molar-refractivity contribution is -0.156. The van der Waals surface area contributed by atoms with E-state index in [1.807, 2.05) is 39.0 Å². The molecule has 4 rings (SSSR count). The van der Waals surface area contributed by atoms with E-state index in [-0.39, 0.29) is 11.9 Å². The molecule has 4 amide bonds. The smallest absolute Gasteiger partial charge is 0.331 e. The normalized spacial score (nSPS) is 28.6. The fraction of sp³-hybridized carbons (Fsp3) is 0.571. The molecule has 2 atom stereocenters. The lowest BCUT2D eigenvalue weighted by Gasteiger charge is -2.53. The Labute approximate surface area is 159 Å². The van der Waals surface area contributed by atoms with Gasteiger partial charge in [-0.1, -0.05) is 31.0 Å². The molecule has 1 N–H and O–H groups in total. The minimum absolute atomic E-state index is 0.222. The number of barbiturate groups is 1. The van der Waals surface area contributed by atoms with Crippen LogP contribution in [0.5, 0.6) is 0 Å². The minimum atomic E-state index is -1.25. The molecule has 3 heterocycles. The van der Waals surface area contributed by atoms with E-state index >= 15 is 0 Å². The second kappa shape index (κ2) is 6.08. The Morgan fingerprint density at radius 1 is 1.07 bits per heavy atom. The quantitative estimate of drug-likeness (QED) is 0.714. The van der Waals surface area contributed by atoms with E-state index in [9.17, 15) is 14.4 Å². The van der Waals surface area contributed by atoms with Gasteiger partial charge < -0.3 is 4.90 Å². The highest BCUT2D eigenvalue weighted by atomic mass is 16.2. The third-order valence-corrected chi connectivity index (χ3v) is 6.18. The first-order valence-corrected chi connectivity index (χ1v) is 9.81. The van der Waals surface area contributed by atoms with Gasteiger partial charge in [-0.25, -0.2) is 4.79 Å². The molecule has 2 saturated heterocycles. The predicted molar refractivity (Wildman–Crippen MR) is 102 cm³/mol. The van der Waals surface area contributed by atoms with Crippen LogP contribution in [0.15, 0.2) is 24.3 Å². The fourth-order valence-corrected chi connectivity index (χ4v) is 4.98. The van der Waals surface area contributed by atoms with Gasteiger partial charge in [-0.15, -0.1) is 0 Å². The van der Waals surface area contributed by atoms with Crippen molar-refractivity contribution in [3.05, 3.63) is 29.8 Å². The molecule has 144 valence electrons. The van der Waals surface area contributed by atoms with Crippen molar-refractivity contribution < 1.29 is 14.4 Å². The number of benzene rings is 1. The molecule has 0 radical (unpaired) electrons. The maximum Gasteiger partial charge on any atom is 0.331 e. The molecule has 1 aromatic carbocycles. The first-order chi connectivity index (χ1) is 12.8. The van der Waals surface area contributed by atoms with Crippen LogP contribution in [-0.2, 0) is 16.0 Å². The van der Waals surface area contributed by atoms with Crippen molar-refractivity contribution in [1.82, 2.24) is 10.2 Å². The van der Waals surface area contributed by atoms with Crippen molar-refractivity contribution in [3.8, 4) is 0 Å². The van der Waals surface area contributed by atoms with Crippen LogP contribution in [0.2, 0.25) is 0 Å². The largest absolute Gasteiger partial charge is 0.367 e. The monoisotopic (exact) mass is 369 g/mol. The lowest BCUT2D eigenvalue weighted by Crippen LogP contribution is -2.74. The molecule has 1 aromatic rings. The molecule has 0 saturated carbocycles. The minimum Gasteiger partial charge on any atom is -0.367 e. The molecule has 3 aliphatic rings. The Kier molecular flexibility index (Phi) is 4.05. The van der Waals surface area contributed by atoms with Crippen LogP contribution in [-0.4, -0.2) is 40.9 Å². The van der Waals surface area contributed by atoms with Crippen LogP contribution >= 0.6 is 0 Å². The van der Waals surface area contributed by atoms with Gasteiger partial charge in [0, 0.05) is 17.8 Å². The standard InChI is InChI=1S/C21H27N3O3/c1-20(2,3)24-18(26)21(17(25)22-19(24)27)13-14-9-6-7-10-15(14)23-12-8-4-5-11-16(21)23/h6-7,9-10,16H,4-5,8,11-13H2,1-3H3,(H,22,25,27)/t16-,21-/m1/s1. The number of hydrogen-bond donors (Lipinski definition) is 1. The molecule has 0 bridgehead atoms. The zero-order chi connectivity index (χ0) is 19.4. The van der Waals surface area contributed by atoms with Gasteiger partial charge in [0.2, 0.25) is 11.8 Å². The number of rotatable bonds is 0. The highest BCUT2D eigenvalue weighted by Crippen LogP contribution is 2.47. The summed E-state index contributed by atoms with van der Waals surface area (Å²) in [5.74, 6) is -0.792.